The lowest BCUT2D eigenvalue weighted by Gasteiger charge is -2.40. The second kappa shape index (κ2) is 8.34. The molecule has 0 saturated carbocycles. The number of carbonyl (C=O) groups excluding carboxylic acids is 1. The van der Waals surface area contributed by atoms with Crippen LogP contribution in [0.15, 0.2) is 30.3 Å². The van der Waals surface area contributed by atoms with Gasteiger partial charge in [0.2, 0.25) is 5.91 Å². The first kappa shape index (κ1) is 18.5. The minimum atomic E-state index is 0.00403. The van der Waals surface area contributed by atoms with Crippen LogP contribution in [-0.4, -0.2) is 42.7 Å². The number of hydrogen-bond donors (Lipinski definition) is 1. The van der Waals surface area contributed by atoms with Gasteiger partial charge in [-0.25, -0.2) is 0 Å². The van der Waals surface area contributed by atoms with Crippen LogP contribution in [0.2, 0.25) is 0 Å². The number of benzene rings is 1. The van der Waals surface area contributed by atoms with Gasteiger partial charge in [0.25, 0.3) is 0 Å². The van der Waals surface area contributed by atoms with Gasteiger partial charge in [-0.15, -0.1) is 0 Å². The summed E-state index contributed by atoms with van der Waals surface area (Å²) in [6.07, 6.45) is 5.29. The van der Waals surface area contributed by atoms with Gasteiger partial charge in [-0.1, -0.05) is 26.0 Å². The Balaban J connectivity index is 2.06. The van der Waals surface area contributed by atoms with Crippen LogP contribution in [0.5, 0.6) is 5.75 Å². The number of allylic oxidation sites excluding steroid dienone is 1. The van der Waals surface area contributed by atoms with Crippen LogP contribution in [0.1, 0.15) is 45.1 Å². The number of methoxy groups -OCH3 is 1. The molecule has 132 valence electrons. The van der Waals surface area contributed by atoms with Crippen molar-refractivity contribution in [3.63, 3.8) is 0 Å². The van der Waals surface area contributed by atoms with E-state index in [0.717, 1.165) is 55.7 Å². The molecule has 1 heterocycles. The summed E-state index contributed by atoms with van der Waals surface area (Å²) in [6.45, 7) is 5.85. The number of ether oxygens (including phenoxy) is 1. The maximum Gasteiger partial charge on any atom is 0.246 e. The van der Waals surface area contributed by atoms with E-state index in [4.69, 9.17) is 4.74 Å². The molecule has 0 bridgehead atoms. The molecule has 1 aliphatic rings. The first-order chi connectivity index (χ1) is 11.6. The van der Waals surface area contributed by atoms with Crippen LogP contribution in [0.4, 0.5) is 0 Å². The molecular weight excluding hydrogens is 302 g/mol. The maximum absolute atomic E-state index is 12.6. The van der Waals surface area contributed by atoms with Crippen molar-refractivity contribution < 1.29 is 14.6 Å². The van der Waals surface area contributed by atoms with Gasteiger partial charge in [0.15, 0.2) is 0 Å². The monoisotopic (exact) mass is 331 g/mol. The molecule has 0 atom stereocenters. The van der Waals surface area contributed by atoms with E-state index in [-0.39, 0.29) is 17.9 Å². The van der Waals surface area contributed by atoms with E-state index in [1.807, 2.05) is 29.2 Å². The van der Waals surface area contributed by atoms with Gasteiger partial charge in [0, 0.05) is 25.8 Å². The van der Waals surface area contributed by atoms with Crippen molar-refractivity contribution >= 4 is 11.5 Å². The summed E-state index contributed by atoms with van der Waals surface area (Å²) in [7, 11) is 1.65. The van der Waals surface area contributed by atoms with E-state index in [2.05, 4.69) is 13.8 Å². The third kappa shape index (κ3) is 4.18. The van der Waals surface area contributed by atoms with Gasteiger partial charge >= 0.3 is 0 Å². The van der Waals surface area contributed by atoms with Crippen molar-refractivity contribution in [3.8, 4) is 5.75 Å². The Morgan fingerprint density at radius 3 is 2.33 bits per heavy atom. The number of piperidine rings is 1. The number of amides is 1. The molecule has 1 fully saturated rings. The van der Waals surface area contributed by atoms with Crippen molar-refractivity contribution in [2.75, 3.05) is 26.8 Å². The van der Waals surface area contributed by atoms with E-state index in [1.165, 1.54) is 0 Å². The van der Waals surface area contributed by atoms with Gasteiger partial charge in [0.1, 0.15) is 5.75 Å². The Kier molecular flexibility index (Phi) is 6.44. The molecule has 1 aromatic rings. The Morgan fingerprint density at radius 2 is 1.88 bits per heavy atom. The molecule has 0 aromatic heterocycles. The third-order valence-electron chi connectivity index (χ3n) is 5.36. The van der Waals surface area contributed by atoms with Gasteiger partial charge in [-0.3, -0.25) is 4.79 Å². The molecule has 1 aromatic carbocycles. The van der Waals surface area contributed by atoms with Crippen LogP contribution in [0.3, 0.4) is 0 Å². The lowest BCUT2D eigenvalue weighted by molar-refractivity contribution is -0.128. The van der Waals surface area contributed by atoms with E-state index in [1.54, 1.807) is 13.2 Å². The second-order valence-electron chi connectivity index (χ2n) is 6.59. The fraction of sp³-hybridized carbons (Fsp3) is 0.550. The zero-order chi connectivity index (χ0) is 17.6. The predicted molar refractivity (Wildman–Crippen MR) is 96.9 cm³/mol. The molecule has 24 heavy (non-hydrogen) atoms. The normalized spacial score (nSPS) is 17.7. The second-order valence-corrected chi connectivity index (χ2v) is 6.59. The minimum Gasteiger partial charge on any atom is -0.497 e. The standard InChI is InChI=1S/C20H29NO3/c1-4-16(17-6-8-18(24-3)9-7-17)14-19(23)21-12-10-20(5-2,15-22)11-13-21/h6-9,14,22H,4-5,10-13,15H2,1-3H3/b16-14-. The SMILES string of the molecule is CC/C(=C/C(=O)N1CCC(CC)(CO)CC1)c1ccc(OC)cc1. The molecule has 1 N–H and O–H groups in total. The van der Waals surface area contributed by atoms with Gasteiger partial charge in [-0.05, 0) is 54.4 Å². The zero-order valence-corrected chi connectivity index (χ0v) is 15.0. The highest BCUT2D eigenvalue weighted by Gasteiger charge is 2.33. The fourth-order valence-corrected chi connectivity index (χ4v) is 3.26. The lowest BCUT2D eigenvalue weighted by Crippen LogP contribution is -2.44. The number of rotatable bonds is 6. The van der Waals surface area contributed by atoms with Crippen LogP contribution >= 0.6 is 0 Å². The van der Waals surface area contributed by atoms with E-state index < -0.39 is 0 Å². The summed E-state index contributed by atoms with van der Waals surface area (Å²) in [4.78, 5) is 14.5. The van der Waals surface area contributed by atoms with Crippen molar-refractivity contribution in [3.05, 3.63) is 35.9 Å². The molecule has 1 aliphatic heterocycles. The highest BCUT2D eigenvalue weighted by Crippen LogP contribution is 2.34. The summed E-state index contributed by atoms with van der Waals surface area (Å²) in [5, 5.41) is 9.62. The molecule has 0 aliphatic carbocycles. The number of likely N-dealkylation sites (tertiary alicyclic amines) is 1. The smallest absolute Gasteiger partial charge is 0.246 e. The molecule has 1 amide bonds. The Morgan fingerprint density at radius 1 is 1.25 bits per heavy atom. The predicted octanol–water partition coefficient (Wildman–Crippen LogP) is 3.50. The minimum absolute atomic E-state index is 0.00403. The van der Waals surface area contributed by atoms with Crippen LogP contribution in [0, 0.1) is 5.41 Å². The molecular formula is C20H29NO3. The van der Waals surface area contributed by atoms with Gasteiger partial charge in [-0.2, -0.15) is 0 Å². The van der Waals surface area contributed by atoms with Gasteiger partial charge < -0.3 is 14.7 Å². The van der Waals surface area contributed by atoms with Crippen molar-refractivity contribution in [1.29, 1.82) is 0 Å². The summed E-state index contributed by atoms with van der Waals surface area (Å²) in [5.74, 6) is 0.891. The topological polar surface area (TPSA) is 49.8 Å². The molecule has 0 spiro atoms. The van der Waals surface area contributed by atoms with E-state index in [9.17, 15) is 9.90 Å². The number of aliphatic hydroxyl groups is 1. The summed E-state index contributed by atoms with van der Waals surface area (Å²) < 4.78 is 5.18. The average Bonchev–Trinajstić information content (AvgIpc) is 2.66. The molecule has 0 radical (unpaired) electrons. The van der Waals surface area contributed by atoms with E-state index >= 15 is 0 Å². The summed E-state index contributed by atoms with van der Waals surface area (Å²) in [6, 6.07) is 7.82. The van der Waals surface area contributed by atoms with Crippen molar-refractivity contribution in [1.82, 2.24) is 4.90 Å². The largest absolute Gasteiger partial charge is 0.497 e. The number of nitrogens with zero attached hydrogens (tertiary/aromatic N) is 1. The van der Waals surface area contributed by atoms with Crippen LogP contribution in [-0.2, 0) is 4.79 Å². The first-order valence-electron chi connectivity index (χ1n) is 8.82. The van der Waals surface area contributed by atoms with Crippen LogP contribution < -0.4 is 4.74 Å². The molecule has 1 saturated heterocycles. The first-order valence-corrected chi connectivity index (χ1v) is 8.82. The number of aliphatic hydroxyl groups excluding tert-OH is 1. The summed E-state index contributed by atoms with van der Waals surface area (Å²) in [5.41, 5.74) is 2.10. The highest BCUT2D eigenvalue weighted by molar-refractivity contribution is 5.95. The molecule has 4 heteroatoms. The quantitative estimate of drug-likeness (QED) is 0.812. The number of hydrogen-bond acceptors (Lipinski definition) is 3. The lowest BCUT2D eigenvalue weighted by atomic mass is 9.77. The average molecular weight is 331 g/mol. The number of carbonyl (C=O) groups is 1. The van der Waals surface area contributed by atoms with Crippen molar-refractivity contribution in [2.45, 2.75) is 39.5 Å². The van der Waals surface area contributed by atoms with Crippen molar-refractivity contribution in [2.24, 2.45) is 5.41 Å². The summed E-state index contributed by atoms with van der Waals surface area (Å²) >= 11 is 0. The molecule has 4 nitrogen and oxygen atoms in total. The van der Waals surface area contributed by atoms with Crippen LogP contribution in [0.25, 0.3) is 5.57 Å². The fourth-order valence-electron chi connectivity index (χ4n) is 3.26. The highest BCUT2D eigenvalue weighted by atomic mass is 16.5. The maximum atomic E-state index is 12.6. The Hall–Kier alpha value is -1.81. The zero-order valence-electron chi connectivity index (χ0n) is 15.0. The Labute approximate surface area is 145 Å². The Bertz CT molecular complexity index is 563. The third-order valence-corrected chi connectivity index (χ3v) is 5.36. The molecule has 2 rings (SSSR count). The molecule has 0 unspecified atom stereocenters. The van der Waals surface area contributed by atoms with Gasteiger partial charge in [0.05, 0.1) is 7.11 Å². The van der Waals surface area contributed by atoms with E-state index in [0.29, 0.717) is 0 Å².